The Labute approximate surface area is 194 Å². The Bertz CT molecular complexity index is 1230. The first-order chi connectivity index (χ1) is 16.2. The van der Waals surface area contributed by atoms with E-state index in [2.05, 4.69) is 59.4 Å². The molecule has 5 heteroatoms. The topological polar surface area (TPSA) is 58.2 Å². The highest BCUT2D eigenvalue weighted by atomic mass is 16.5. The Morgan fingerprint density at radius 1 is 1.09 bits per heavy atom. The Morgan fingerprint density at radius 3 is 2.73 bits per heavy atom. The minimum Gasteiger partial charge on any atom is -0.368 e. The van der Waals surface area contributed by atoms with Crippen molar-refractivity contribution in [3.8, 4) is 0 Å². The van der Waals surface area contributed by atoms with Gasteiger partial charge in [0.1, 0.15) is 6.10 Å². The van der Waals surface area contributed by atoms with Crippen LogP contribution in [0.25, 0.3) is 10.9 Å². The fraction of sp³-hybridized carbons (Fsp3) is 0.286. The highest BCUT2D eigenvalue weighted by Gasteiger charge is 2.26. The van der Waals surface area contributed by atoms with Gasteiger partial charge in [-0.1, -0.05) is 54.1 Å². The highest BCUT2D eigenvalue weighted by Crippen LogP contribution is 2.23. The number of para-hydroxylation sites is 1. The molecule has 5 nitrogen and oxygen atoms in total. The van der Waals surface area contributed by atoms with Crippen molar-refractivity contribution in [2.24, 2.45) is 0 Å². The van der Waals surface area contributed by atoms with Gasteiger partial charge in [0.05, 0.1) is 18.8 Å². The van der Waals surface area contributed by atoms with E-state index < -0.39 is 0 Å². The molecule has 1 atom stereocenters. The van der Waals surface area contributed by atoms with Gasteiger partial charge in [-0.2, -0.15) is 0 Å². The molecule has 1 N–H and O–H groups in total. The van der Waals surface area contributed by atoms with E-state index in [1.807, 2.05) is 35.5 Å². The number of carbonyl (C=O) groups excluding carboxylic acids is 1. The molecule has 1 aliphatic rings. The number of nitrogens with one attached hydrogen (secondary N) is 1. The maximum atomic E-state index is 12.9. The monoisotopic (exact) mass is 439 g/mol. The maximum Gasteiger partial charge on any atom is 0.223 e. The number of nitrogens with zero attached hydrogens (tertiary/aromatic N) is 2. The van der Waals surface area contributed by atoms with Gasteiger partial charge < -0.3 is 14.6 Å². The summed E-state index contributed by atoms with van der Waals surface area (Å²) in [5, 5.41) is 1.19. The molecule has 1 aliphatic heterocycles. The third-order valence-electron chi connectivity index (χ3n) is 6.41. The molecule has 0 unspecified atom stereocenters. The van der Waals surface area contributed by atoms with Crippen LogP contribution < -0.4 is 0 Å². The van der Waals surface area contributed by atoms with Gasteiger partial charge in [0.2, 0.25) is 5.91 Å². The van der Waals surface area contributed by atoms with Crippen molar-refractivity contribution in [2.45, 2.75) is 32.3 Å². The number of H-pyrrole nitrogens is 1. The third-order valence-corrected chi connectivity index (χ3v) is 6.41. The van der Waals surface area contributed by atoms with E-state index in [0.29, 0.717) is 26.1 Å². The van der Waals surface area contributed by atoms with Crippen LogP contribution in [0.5, 0.6) is 0 Å². The average Bonchev–Trinajstić information content (AvgIpc) is 3.28. The molecule has 5 rings (SSSR count). The Morgan fingerprint density at radius 2 is 1.91 bits per heavy atom. The summed E-state index contributed by atoms with van der Waals surface area (Å²) in [4.78, 5) is 22.8. The van der Waals surface area contributed by atoms with E-state index in [9.17, 15) is 4.79 Å². The number of carbonyl (C=O) groups is 1. The molecule has 1 fully saturated rings. The molecule has 1 amide bonds. The van der Waals surface area contributed by atoms with Crippen molar-refractivity contribution in [1.29, 1.82) is 0 Å². The molecule has 0 spiro atoms. The lowest BCUT2D eigenvalue weighted by Gasteiger charge is -2.32. The lowest BCUT2D eigenvalue weighted by atomic mass is 10.0. The van der Waals surface area contributed by atoms with Gasteiger partial charge in [-0.15, -0.1) is 0 Å². The summed E-state index contributed by atoms with van der Waals surface area (Å²) in [5.41, 5.74) is 6.90. The molecule has 3 heterocycles. The van der Waals surface area contributed by atoms with Gasteiger partial charge in [0.15, 0.2) is 0 Å². The Balaban J connectivity index is 1.18. The summed E-state index contributed by atoms with van der Waals surface area (Å²) >= 11 is 0. The van der Waals surface area contributed by atoms with E-state index in [-0.39, 0.29) is 12.0 Å². The lowest BCUT2D eigenvalue weighted by molar-refractivity contribution is -0.139. The number of aromatic nitrogens is 2. The summed E-state index contributed by atoms with van der Waals surface area (Å²) in [5.74, 6) is 0.171. The van der Waals surface area contributed by atoms with E-state index >= 15 is 0 Å². The fourth-order valence-corrected chi connectivity index (χ4v) is 4.47. The molecule has 1 saturated heterocycles. The minimum absolute atomic E-state index is 0.171. The Kier molecular flexibility index (Phi) is 6.22. The van der Waals surface area contributed by atoms with Gasteiger partial charge in [-0.25, -0.2) is 0 Å². The predicted molar refractivity (Wildman–Crippen MR) is 130 cm³/mol. The van der Waals surface area contributed by atoms with Crippen LogP contribution in [0.1, 0.15) is 40.5 Å². The second-order valence-electron chi connectivity index (χ2n) is 8.81. The molecule has 2 aromatic carbocycles. The van der Waals surface area contributed by atoms with Crippen LogP contribution in [0.4, 0.5) is 0 Å². The molecule has 0 radical (unpaired) electrons. The smallest absolute Gasteiger partial charge is 0.223 e. The van der Waals surface area contributed by atoms with E-state index in [1.54, 1.807) is 0 Å². The van der Waals surface area contributed by atoms with Crippen LogP contribution in [0.3, 0.4) is 0 Å². The molecular weight excluding hydrogens is 410 g/mol. The van der Waals surface area contributed by atoms with E-state index in [0.717, 1.165) is 24.1 Å². The van der Waals surface area contributed by atoms with Gasteiger partial charge >= 0.3 is 0 Å². The average molecular weight is 440 g/mol. The normalized spacial score (nSPS) is 16.3. The molecule has 0 bridgehead atoms. The van der Waals surface area contributed by atoms with Crippen molar-refractivity contribution >= 4 is 16.8 Å². The number of aryl methyl sites for hydroxylation is 2. The van der Waals surface area contributed by atoms with E-state index in [1.165, 1.54) is 27.6 Å². The third kappa shape index (κ3) is 4.99. The lowest BCUT2D eigenvalue weighted by Crippen LogP contribution is -2.42. The maximum absolute atomic E-state index is 12.9. The van der Waals surface area contributed by atoms with Crippen molar-refractivity contribution in [2.75, 3.05) is 19.7 Å². The van der Waals surface area contributed by atoms with Crippen molar-refractivity contribution in [3.05, 3.63) is 101 Å². The minimum atomic E-state index is -0.177. The summed E-state index contributed by atoms with van der Waals surface area (Å²) < 4.78 is 5.96. The zero-order chi connectivity index (χ0) is 22.6. The number of ether oxygens (including phenoxy) is 1. The summed E-state index contributed by atoms with van der Waals surface area (Å²) in [6, 6.07) is 21.0. The number of benzene rings is 2. The molecular formula is C28H29N3O2. The standard InChI is InChI=1S/C28H29N3O2/c1-20-6-8-21(9-7-20)16-22-10-12-26(29-17-22)27-19-31(14-15-33-27)28(32)13-11-23-18-30-25-5-3-2-4-24(23)25/h2-10,12,17-18,27,30H,11,13-16,19H2,1H3/t27-/m1/s1. The number of hydrogen-bond acceptors (Lipinski definition) is 3. The van der Waals surface area contributed by atoms with Crippen molar-refractivity contribution in [1.82, 2.24) is 14.9 Å². The number of rotatable bonds is 6. The van der Waals surface area contributed by atoms with Crippen molar-refractivity contribution in [3.63, 3.8) is 0 Å². The summed E-state index contributed by atoms with van der Waals surface area (Å²) in [6.07, 6.45) is 5.86. The number of morpholine rings is 1. The highest BCUT2D eigenvalue weighted by molar-refractivity contribution is 5.84. The van der Waals surface area contributed by atoms with Crippen molar-refractivity contribution < 1.29 is 9.53 Å². The molecule has 168 valence electrons. The number of aromatic amines is 1. The van der Waals surface area contributed by atoms with Gasteiger partial charge in [-0.05, 0) is 48.6 Å². The quantitative estimate of drug-likeness (QED) is 0.460. The van der Waals surface area contributed by atoms with Gasteiger partial charge in [-0.3, -0.25) is 9.78 Å². The molecule has 0 aliphatic carbocycles. The summed E-state index contributed by atoms with van der Waals surface area (Å²) in [7, 11) is 0. The molecule has 0 saturated carbocycles. The fourth-order valence-electron chi connectivity index (χ4n) is 4.47. The molecule has 33 heavy (non-hydrogen) atoms. The van der Waals surface area contributed by atoms with Crippen LogP contribution in [0.2, 0.25) is 0 Å². The second-order valence-corrected chi connectivity index (χ2v) is 8.81. The Hall–Kier alpha value is -3.44. The summed E-state index contributed by atoms with van der Waals surface area (Å²) in [6.45, 7) is 3.82. The first kappa shape index (κ1) is 21.4. The molecule has 2 aromatic heterocycles. The zero-order valence-corrected chi connectivity index (χ0v) is 19.0. The first-order valence-corrected chi connectivity index (χ1v) is 11.6. The SMILES string of the molecule is Cc1ccc(Cc2ccc([C@H]3CN(C(=O)CCc4c[nH]c5ccccc45)CCO3)nc2)cc1. The first-order valence-electron chi connectivity index (χ1n) is 11.6. The molecule has 4 aromatic rings. The van der Waals surface area contributed by atoms with Crippen LogP contribution >= 0.6 is 0 Å². The zero-order valence-electron chi connectivity index (χ0n) is 19.0. The number of fused-ring (bicyclic) bond motifs is 1. The predicted octanol–water partition coefficient (Wildman–Crippen LogP) is 4.99. The number of pyridine rings is 1. The number of hydrogen-bond donors (Lipinski definition) is 1. The van der Waals surface area contributed by atoms with E-state index in [4.69, 9.17) is 4.74 Å². The van der Waals surface area contributed by atoms with Crippen LogP contribution in [0.15, 0.2) is 73.1 Å². The number of amides is 1. The van der Waals surface area contributed by atoms with Crippen LogP contribution in [-0.2, 0) is 22.4 Å². The second kappa shape index (κ2) is 9.59. The van der Waals surface area contributed by atoms with Crippen LogP contribution in [-0.4, -0.2) is 40.5 Å². The van der Waals surface area contributed by atoms with Crippen LogP contribution in [0, 0.1) is 6.92 Å². The van der Waals surface area contributed by atoms with Gasteiger partial charge in [0, 0.05) is 36.3 Å². The largest absolute Gasteiger partial charge is 0.368 e. The van der Waals surface area contributed by atoms with Gasteiger partial charge in [0.25, 0.3) is 0 Å².